The molecule has 3 rings (SSSR count). The predicted octanol–water partition coefficient (Wildman–Crippen LogP) is 2.04. The van der Waals surface area contributed by atoms with Crippen molar-refractivity contribution in [3.8, 4) is 5.75 Å². The molecular formula is C16H21NO4. The summed E-state index contributed by atoms with van der Waals surface area (Å²) >= 11 is 0. The maximum absolute atomic E-state index is 11.1. The second-order valence-corrected chi connectivity index (χ2v) is 5.83. The van der Waals surface area contributed by atoms with Crippen molar-refractivity contribution in [2.24, 2.45) is 0 Å². The van der Waals surface area contributed by atoms with Gasteiger partial charge in [0.2, 0.25) is 0 Å². The summed E-state index contributed by atoms with van der Waals surface area (Å²) in [4.78, 5) is 13.4. The average molecular weight is 291 g/mol. The third kappa shape index (κ3) is 2.83. The van der Waals surface area contributed by atoms with Gasteiger partial charge in [-0.25, -0.2) is 0 Å². The fraction of sp³-hybridized carbons (Fsp3) is 0.562. The molecule has 0 aromatic heterocycles. The number of ether oxygens (including phenoxy) is 2. The SMILES string of the molecule is COc1ccc(N2CCOCC2)cc1C1(CC(=O)O)CC1. The van der Waals surface area contributed by atoms with Crippen molar-refractivity contribution >= 4 is 11.7 Å². The Morgan fingerprint density at radius 3 is 2.67 bits per heavy atom. The predicted molar refractivity (Wildman–Crippen MR) is 79.2 cm³/mol. The van der Waals surface area contributed by atoms with E-state index in [1.807, 2.05) is 12.1 Å². The standard InChI is InChI=1S/C16H21NO4/c1-20-14-3-2-12(17-6-8-21-9-7-17)10-13(14)16(4-5-16)11-15(18)19/h2-3,10H,4-9,11H2,1H3,(H,18,19). The summed E-state index contributed by atoms with van der Waals surface area (Å²) in [6.45, 7) is 3.22. The Balaban J connectivity index is 1.92. The summed E-state index contributed by atoms with van der Waals surface area (Å²) < 4.78 is 10.8. The van der Waals surface area contributed by atoms with Gasteiger partial charge in [0, 0.05) is 29.8 Å². The molecule has 5 heteroatoms. The van der Waals surface area contributed by atoms with E-state index in [2.05, 4.69) is 11.0 Å². The van der Waals surface area contributed by atoms with Crippen molar-refractivity contribution in [1.29, 1.82) is 0 Å². The number of morpholine rings is 1. The molecule has 5 nitrogen and oxygen atoms in total. The Labute approximate surface area is 124 Å². The Bertz CT molecular complexity index is 533. The van der Waals surface area contributed by atoms with E-state index >= 15 is 0 Å². The third-order valence-corrected chi connectivity index (χ3v) is 4.47. The van der Waals surface area contributed by atoms with Gasteiger partial charge in [-0.2, -0.15) is 0 Å². The molecule has 1 heterocycles. The van der Waals surface area contributed by atoms with Gasteiger partial charge in [-0.05, 0) is 31.0 Å². The zero-order chi connectivity index (χ0) is 14.9. The number of rotatable bonds is 5. The molecule has 114 valence electrons. The normalized spacial score (nSPS) is 20.1. The molecule has 1 N–H and O–H groups in total. The lowest BCUT2D eigenvalue weighted by atomic mass is 9.91. The van der Waals surface area contributed by atoms with E-state index in [0.29, 0.717) is 0 Å². The van der Waals surface area contributed by atoms with Crippen molar-refractivity contribution in [3.63, 3.8) is 0 Å². The number of hydrogen-bond acceptors (Lipinski definition) is 4. The number of aliphatic carboxylic acids is 1. The second kappa shape index (κ2) is 5.56. The monoisotopic (exact) mass is 291 g/mol. The first-order valence-corrected chi connectivity index (χ1v) is 7.38. The van der Waals surface area contributed by atoms with Gasteiger partial charge in [0.15, 0.2) is 0 Å². The summed E-state index contributed by atoms with van der Waals surface area (Å²) in [5.74, 6) is 0.0529. The van der Waals surface area contributed by atoms with Crippen LogP contribution in [0.25, 0.3) is 0 Å². The minimum Gasteiger partial charge on any atom is -0.496 e. The summed E-state index contributed by atoms with van der Waals surface area (Å²) in [6.07, 6.45) is 2.01. The van der Waals surface area contributed by atoms with Gasteiger partial charge in [0.25, 0.3) is 0 Å². The highest BCUT2D eigenvalue weighted by molar-refractivity contribution is 5.71. The molecule has 1 aliphatic heterocycles. The van der Waals surface area contributed by atoms with E-state index in [1.54, 1.807) is 7.11 Å². The first-order chi connectivity index (χ1) is 10.1. The van der Waals surface area contributed by atoms with Crippen molar-refractivity contribution in [2.75, 3.05) is 38.3 Å². The molecule has 1 saturated carbocycles. The largest absolute Gasteiger partial charge is 0.496 e. The molecule has 0 amide bonds. The van der Waals surface area contributed by atoms with Crippen molar-refractivity contribution < 1.29 is 19.4 Å². The molecular weight excluding hydrogens is 270 g/mol. The molecule has 0 spiro atoms. The fourth-order valence-corrected chi connectivity index (χ4v) is 3.11. The quantitative estimate of drug-likeness (QED) is 0.899. The fourth-order valence-electron chi connectivity index (χ4n) is 3.11. The van der Waals surface area contributed by atoms with Crippen LogP contribution in [-0.2, 0) is 14.9 Å². The van der Waals surface area contributed by atoms with Crippen LogP contribution in [0.2, 0.25) is 0 Å². The number of carboxylic acid groups (broad SMARTS) is 1. The number of methoxy groups -OCH3 is 1. The van der Waals surface area contributed by atoms with E-state index < -0.39 is 5.97 Å². The lowest BCUT2D eigenvalue weighted by Crippen LogP contribution is -2.36. The van der Waals surface area contributed by atoms with E-state index in [-0.39, 0.29) is 11.8 Å². The van der Waals surface area contributed by atoms with Gasteiger partial charge < -0.3 is 19.5 Å². The van der Waals surface area contributed by atoms with Gasteiger partial charge in [-0.3, -0.25) is 4.79 Å². The van der Waals surface area contributed by atoms with E-state index in [1.165, 1.54) is 0 Å². The minimum absolute atomic E-state index is 0.177. The van der Waals surface area contributed by atoms with E-state index in [0.717, 1.165) is 56.1 Å². The number of benzene rings is 1. The number of hydrogen-bond donors (Lipinski definition) is 1. The molecule has 1 saturated heterocycles. The van der Waals surface area contributed by atoms with Crippen LogP contribution >= 0.6 is 0 Å². The summed E-state index contributed by atoms with van der Waals surface area (Å²) in [6, 6.07) is 6.12. The van der Waals surface area contributed by atoms with Gasteiger partial charge >= 0.3 is 5.97 Å². The maximum Gasteiger partial charge on any atom is 0.304 e. The van der Waals surface area contributed by atoms with Crippen LogP contribution in [0, 0.1) is 0 Å². The third-order valence-electron chi connectivity index (χ3n) is 4.47. The number of carboxylic acids is 1. The van der Waals surface area contributed by atoms with Gasteiger partial charge in [0.05, 0.1) is 26.7 Å². The van der Waals surface area contributed by atoms with Crippen LogP contribution < -0.4 is 9.64 Å². The molecule has 1 aromatic rings. The summed E-state index contributed by atoms with van der Waals surface area (Å²) in [5.41, 5.74) is 1.93. The van der Waals surface area contributed by atoms with Crippen LogP contribution in [-0.4, -0.2) is 44.5 Å². The van der Waals surface area contributed by atoms with Crippen LogP contribution in [0.4, 0.5) is 5.69 Å². The molecule has 0 bridgehead atoms. The molecule has 2 fully saturated rings. The topological polar surface area (TPSA) is 59.0 Å². The molecule has 2 aliphatic rings. The second-order valence-electron chi connectivity index (χ2n) is 5.83. The average Bonchev–Trinajstić information content (AvgIpc) is 3.27. The summed E-state index contributed by atoms with van der Waals surface area (Å²) in [7, 11) is 1.64. The Hall–Kier alpha value is -1.75. The molecule has 21 heavy (non-hydrogen) atoms. The number of carbonyl (C=O) groups is 1. The van der Waals surface area contributed by atoms with Crippen LogP contribution in [0.1, 0.15) is 24.8 Å². The summed E-state index contributed by atoms with van der Waals surface area (Å²) in [5, 5.41) is 9.16. The molecule has 1 aromatic carbocycles. The van der Waals surface area contributed by atoms with E-state index in [4.69, 9.17) is 14.6 Å². The van der Waals surface area contributed by atoms with Crippen molar-refractivity contribution in [1.82, 2.24) is 0 Å². The molecule has 0 atom stereocenters. The Morgan fingerprint density at radius 1 is 1.38 bits per heavy atom. The van der Waals surface area contributed by atoms with Crippen LogP contribution in [0.15, 0.2) is 18.2 Å². The lowest BCUT2D eigenvalue weighted by molar-refractivity contribution is -0.137. The van der Waals surface area contributed by atoms with Gasteiger partial charge in [0.1, 0.15) is 5.75 Å². The minimum atomic E-state index is -0.744. The molecule has 1 aliphatic carbocycles. The number of anilines is 1. The zero-order valence-electron chi connectivity index (χ0n) is 12.3. The smallest absolute Gasteiger partial charge is 0.304 e. The Morgan fingerprint density at radius 2 is 2.10 bits per heavy atom. The highest BCUT2D eigenvalue weighted by Gasteiger charge is 2.48. The first-order valence-electron chi connectivity index (χ1n) is 7.38. The first kappa shape index (κ1) is 14.2. The Kier molecular flexibility index (Phi) is 3.76. The van der Waals surface area contributed by atoms with Crippen molar-refractivity contribution in [2.45, 2.75) is 24.7 Å². The van der Waals surface area contributed by atoms with Crippen LogP contribution in [0.5, 0.6) is 5.75 Å². The molecule has 0 unspecified atom stereocenters. The zero-order valence-corrected chi connectivity index (χ0v) is 12.3. The lowest BCUT2D eigenvalue weighted by Gasteiger charge is -2.30. The highest BCUT2D eigenvalue weighted by Crippen LogP contribution is 2.54. The van der Waals surface area contributed by atoms with Crippen molar-refractivity contribution in [3.05, 3.63) is 23.8 Å². The van der Waals surface area contributed by atoms with E-state index in [9.17, 15) is 4.79 Å². The van der Waals surface area contributed by atoms with Gasteiger partial charge in [-0.1, -0.05) is 0 Å². The van der Waals surface area contributed by atoms with Crippen LogP contribution in [0.3, 0.4) is 0 Å². The highest BCUT2D eigenvalue weighted by atomic mass is 16.5. The maximum atomic E-state index is 11.1. The van der Waals surface area contributed by atoms with Gasteiger partial charge in [-0.15, -0.1) is 0 Å². The molecule has 0 radical (unpaired) electrons. The number of nitrogens with zero attached hydrogens (tertiary/aromatic N) is 1.